The summed E-state index contributed by atoms with van der Waals surface area (Å²) in [7, 11) is 13.7. The molecule has 0 rings (SSSR count). The molecule has 9 nitrogen and oxygen atoms in total. The Hall–Kier alpha value is 2.50. The summed E-state index contributed by atoms with van der Waals surface area (Å²) in [5, 5.41) is 4.93. The molecule has 176 valence electrons. The van der Waals surface area contributed by atoms with Crippen molar-refractivity contribution in [2.24, 2.45) is 0 Å². The van der Waals surface area contributed by atoms with Gasteiger partial charge in [-0.25, -0.2) is 13.9 Å². The van der Waals surface area contributed by atoms with Crippen LogP contribution in [-0.2, 0) is 44.5 Å². The molecule has 0 heterocycles. The zero-order valence-electron chi connectivity index (χ0n) is 18.7. The van der Waals surface area contributed by atoms with Crippen LogP contribution in [0, 0.1) is 0 Å². The monoisotopic (exact) mass is 563 g/mol. The maximum Gasteiger partial charge on any atom is 0.256 e. The maximum absolute atomic E-state index is 5.19. The average Bonchev–Trinajstić information content (AvgIpc) is 2.62. The second-order valence-electron chi connectivity index (χ2n) is 4.45. The van der Waals surface area contributed by atoms with E-state index in [-0.39, 0.29) is 17.1 Å². The molecule has 0 radical (unpaired) electrons. The van der Waals surface area contributed by atoms with E-state index in [4.69, 9.17) is 27.4 Å². The summed E-state index contributed by atoms with van der Waals surface area (Å²) < 4.78 is 30.5. The molecule has 0 aliphatic carbocycles. The van der Waals surface area contributed by atoms with Gasteiger partial charge in [-0.15, -0.1) is 0 Å². The van der Waals surface area contributed by atoms with Crippen LogP contribution in [0.2, 0.25) is 0 Å². The molecule has 3 unspecified atom stereocenters. The summed E-state index contributed by atoms with van der Waals surface area (Å²) in [6, 6.07) is 0. The minimum absolute atomic E-state index is 0. The molecular weight excluding hydrogens is 527 g/mol. The first-order valence-electron chi connectivity index (χ1n) is 7.32. The largest absolute Gasteiger partial charge is 0.328 e. The molecule has 0 aliphatic heterocycles. The van der Waals surface area contributed by atoms with Crippen LogP contribution in [-0.4, -0.2) is 97.6 Å². The third-order valence-corrected chi connectivity index (χ3v) is 9.38. The fourth-order valence-corrected chi connectivity index (χ4v) is 5.61. The third-order valence-electron chi connectivity index (χ3n) is 1.58. The van der Waals surface area contributed by atoms with Crippen LogP contribution in [0.4, 0.5) is 0 Å². The Labute approximate surface area is 198 Å². The molecule has 0 fully saturated rings. The minimum Gasteiger partial charge on any atom is -0.328 e. The van der Waals surface area contributed by atoms with Crippen molar-refractivity contribution in [2.45, 2.75) is 0 Å². The van der Waals surface area contributed by atoms with E-state index in [1.807, 2.05) is 61.1 Å². The van der Waals surface area contributed by atoms with E-state index >= 15 is 0 Å². The number of hydrogen-bond donors (Lipinski definition) is 0. The molecule has 0 spiro atoms. The van der Waals surface area contributed by atoms with Crippen molar-refractivity contribution in [3.8, 4) is 0 Å². The Morgan fingerprint density at radius 2 is 0.679 bits per heavy atom. The van der Waals surface area contributed by atoms with Gasteiger partial charge < -0.3 is 13.6 Å². The summed E-state index contributed by atoms with van der Waals surface area (Å²) in [6.07, 6.45) is 5.87. The molecule has 28 heavy (non-hydrogen) atoms. The number of hydroxylamine groups is 6. The van der Waals surface area contributed by atoms with Crippen LogP contribution in [0.25, 0.3) is 0 Å². The van der Waals surface area contributed by atoms with E-state index in [9.17, 15) is 0 Å². The molecule has 0 aromatic heterocycles. The van der Waals surface area contributed by atoms with Crippen LogP contribution in [0.15, 0.2) is 0 Å². The van der Waals surface area contributed by atoms with E-state index in [0.717, 1.165) is 0 Å². The molecule has 0 aromatic carbocycles. The first-order valence-corrected chi connectivity index (χ1v) is 16.3. The summed E-state index contributed by atoms with van der Waals surface area (Å²) in [5.41, 5.74) is 0. The Morgan fingerprint density at radius 1 is 0.500 bits per heavy atom. The predicted octanol–water partition coefficient (Wildman–Crippen LogP) is 5.15. The van der Waals surface area contributed by atoms with Gasteiger partial charge in [0.15, 0.2) is 0 Å². The molecule has 3 atom stereocenters. The van der Waals surface area contributed by atoms with Crippen LogP contribution >= 0.6 is 56.9 Å². The SMILES string of the molecule is COP(ON(C)C)SC.COP(ON(C)C)SC.COP(ON(C)C)SC.[Fe]. The maximum atomic E-state index is 5.19. The van der Waals surface area contributed by atoms with Gasteiger partial charge in [-0.3, -0.25) is 0 Å². The van der Waals surface area contributed by atoms with E-state index in [1.54, 1.807) is 70.7 Å². The Balaban J connectivity index is -0.000000152. The number of hydrogen-bond acceptors (Lipinski definition) is 12. The summed E-state index contributed by atoms with van der Waals surface area (Å²) >= 11 is 4.73. The van der Waals surface area contributed by atoms with E-state index in [1.165, 1.54) is 0 Å². The molecule has 0 aliphatic rings. The van der Waals surface area contributed by atoms with Crippen LogP contribution in [0.1, 0.15) is 0 Å². The molecule has 0 aromatic rings. The zero-order chi connectivity index (χ0) is 21.8. The van der Waals surface area contributed by atoms with Crippen molar-refractivity contribution in [2.75, 3.05) is 82.4 Å². The van der Waals surface area contributed by atoms with Gasteiger partial charge in [-0.05, 0) is 18.8 Å². The molecule has 0 amide bonds. The van der Waals surface area contributed by atoms with Crippen LogP contribution < -0.4 is 0 Å². The van der Waals surface area contributed by atoms with Gasteiger partial charge in [-0.1, -0.05) is 34.1 Å². The topological polar surface area (TPSA) is 65.1 Å². The van der Waals surface area contributed by atoms with Gasteiger partial charge in [0, 0.05) is 80.7 Å². The molecule has 16 heteroatoms. The second-order valence-corrected chi connectivity index (χ2v) is 14.4. The van der Waals surface area contributed by atoms with Crippen molar-refractivity contribution in [3.63, 3.8) is 0 Å². The van der Waals surface area contributed by atoms with Gasteiger partial charge in [0.2, 0.25) is 0 Å². The van der Waals surface area contributed by atoms with Crippen molar-refractivity contribution < 1.29 is 44.5 Å². The predicted molar refractivity (Wildman–Crippen MR) is 127 cm³/mol. The van der Waals surface area contributed by atoms with E-state index < -0.39 is 22.7 Å². The van der Waals surface area contributed by atoms with Gasteiger partial charge in [0.25, 0.3) is 22.7 Å². The molecule has 0 bridgehead atoms. The number of rotatable bonds is 12. The quantitative estimate of drug-likeness (QED) is 0.179. The summed E-state index contributed by atoms with van der Waals surface area (Å²) in [4.78, 5) is 0. The first kappa shape index (κ1) is 37.8. The van der Waals surface area contributed by atoms with E-state index in [2.05, 4.69) is 0 Å². The van der Waals surface area contributed by atoms with Crippen molar-refractivity contribution >= 4 is 56.9 Å². The molecule has 0 saturated heterocycles. The standard InChI is InChI=1S/3C4H12NO2PS.Fe/c3*1-5(2)7-8(6-3)9-4;/h3*1-4H3;. The summed E-state index contributed by atoms with van der Waals surface area (Å²) in [5.74, 6) is 0. The fourth-order valence-electron chi connectivity index (χ4n) is 0.824. The Kier molecular flexibility index (Phi) is 37.2. The average molecular weight is 563 g/mol. The van der Waals surface area contributed by atoms with Crippen molar-refractivity contribution in [1.82, 2.24) is 15.2 Å². The smallest absolute Gasteiger partial charge is 0.256 e. The molecule has 0 N–H and O–H groups in total. The minimum atomic E-state index is -0.753. The van der Waals surface area contributed by atoms with Gasteiger partial charge in [0.05, 0.1) is 0 Å². The normalized spacial score (nSPS) is 13.8. The van der Waals surface area contributed by atoms with Gasteiger partial charge in [-0.2, -0.15) is 15.2 Å². The number of nitrogens with zero attached hydrogens (tertiary/aromatic N) is 3. The Bertz CT molecular complexity index is 258. The van der Waals surface area contributed by atoms with E-state index in [0.29, 0.717) is 0 Å². The second kappa shape index (κ2) is 27.5. The van der Waals surface area contributed by atoms with Crippen LogP contribution in [0.5, 0.6) is 0 Å². The molecular formula is C12H36FeN3O6P3S3. The molecule has 0 saturated carbocycles. The van der Waals surface area contributed by atoms with Gasteiger partial charge >= 0.3 is 0 Å². The van der Waals surface area contributed by atoms with Crippen molar-refractivity contribution in [3.05, 3.63) is 0 Å². The van der Waals surface area contributed by atoms with Gasteiger partial charge in [0.1, 0.15) is 0 Å². The first-order chi connectivity index (χ1) is 12.6. The Morgan fingerprint density at radius 3 is 0.714 bits per heavy atom. The fraction of sp³-hybridized carbons (Fsp3) is 1.00. The third kappa shape index (κ3) is 30.7. The van der Waals surface area contributed by atoms with Crippen LogP contribution in [0.3, 0.4) is 0 Å². The zero-order valence-corrected chi connectivity index (χ0v) is 24.9. The van der Waals surface area contributed by atoms with Crippen molar-refractivity contribution in [1.29, 1.82) is 0 Å². The summed E-state index contributed by atoms with van der Waals surface area (Å²) in [6.45, 7) is 0.